The van der Waals surface area contributed by atoms with E-state index in [0.717, 1.165) is 31.9 Å². The fourth-order valence-electron chi connectivity index (χ4n) is 1.85. The second-order valence-electron chi connectivity index (χ2n) is 5.09. The van der Waals surface area contributed by atoms with Crippen molar-refractivity contribution in [2.24, 2.45) is 0 Å². The van der Waals surface area contributed by atoms with Crippen LogP contribution in [0.15, 0.2) is 36.5 Å². The van der Waals surface area contributed by atoms with Crippen LogP contribution in [-0.2, 0) is 6.54 Å². The summed E-state index contributed by atoms with van der Waals surface area (Å²) in [4.78, 5) is 6.55. The SMILES string of the molecule is CN(C)CCCNc1nncc(NCc2ccccc2)n1. The molecule has 0 spiro atoms. The lowest BCUT2D eigenvalue weighted by molar-refractivity contribution is 0.405. The summed E-state index contributed by atoms with van der Waals surface area (Å²) in [6.45, 7) is 2.59. The molecule has 0 fully saturated rings. The van der Waals surface area contributed by atoms with Crippen molar-refractivity contribution in [1.29, 1.82) is 0 Å². The van der Waals surface area contributed by atoms with Crippen LogP contribution in [0.3, 0.4) is 0 Å². The highest BCUT2D eigenvalue weighted by Crippen LogP contribution is 2.06. The third-order valence-corrected chi connectivity index (χ3v) is 2.94. The standard InChI is InChI=1S/C15H22N6/c1-21(2)10-6-9-16-15-19-14(12-18-20-15)17-11-13-7-4-3-5-8-13/h3-5,7-8,12H,6,9-11H2,1-2H3,(H2,16,17,19,20). The van der Waals surface area contributed by atoms with Crippen molar-refractivity contribution in [3.63, 3.8) is 0 Å². The van der Waals surface area contributed by atoms with Gasteiger partial charge in [-0.1, -0.05) is 30.3 Å². The minimum absolute atomic E-state index is 0.562. The van der Waals surface area contributed by atoms with Crippen LogP contribution >= 0.6 is 0 Å². The fraction of sp³-hybridized carbons (Fsp3) is 0.400. The second kappa shape index (κ2) is 8.16. The summed E-state index contributed by atoms with van der Waals surface area (Å²) in [7, 11) is 4.12. The van der Waals surface area contributed by atoms with Crippen molar-refractivity contribution < 1.29 is 0 Å². The summed E-state index contributed by atoms with van der Waals surface area (Å²) in [5.41, 5.74) is 1.21. The Kier molecular flexibility index (Phi) is 5.90. The first-order valence-corrected chi connectivity index (χ1v) is 7.10. The van der Waals surface area contributed by atoms with E-state index in [-0.39, 0.29) is 0 Å². The summed E-state index contributed by atoms with van der Waals surface area (Å²) >= 11 is 0. The normalized spacial score (nSPS) is 10.6. The molecule has 2 aromatic rings. The van der Waals surface area contributed by atoms with Crippen LogP contribution in [0.2, 0.25) is 0 Å². The van der Waals surface area contributed by atoms with Gasteiger partial charge in [-0.3, -0.25) is 0 Å². The van der Waals surface area contributed by atoms with Crippen molar-refractivity contribution in [3.8, 4) is 0 Å². The van der Waals surface area contributed by atoms with Gasteiger partial charge in [-0.15, -0.1) is 5.10 Å². The Hall–Kier alpha value is -2.21. The maximum absolute atomic E-state index is 4.40. The number of anilines is 2. The third kappa shape index (κ3) is 5.74. The molecule has 0 saturated carbocycles. The number of hydrogen-bond acceptors (Lipinski definition) is 6. The quantitative estimate of drug-likeness (QED) is 0.722. The van der Waals surface area contributed by atoms with Gasteiger partial charge in [-0.25, -0.2) is 0 Å². The summed E-state index contributed by atoms with van der Waals surface area (Å²) in [5, 5.41) is 14.4. The lowest BCUT2D eigenvalue weighted by Gasteiger charge is -2.10. The van der Waals surface area contributed by atoms with Gasteiger partial charge < -0.3 is 15.5 Å². The Morgan fingerprint density at radius 1 is 1.10 bits per heavy atom. The third-order valence-electron chi connectivity index (χ3n) is 2.94. The number of nitrogens with one attached hydrogen (secondary N) is 2. The van der Waals surface area contributed by atoms with Gasteiger partial charge in [-0.2, -0.15) is 10.1 Å². The summed E-state index contributed by atoms with van der Waals surface area (Å²) < 4.78 is 0. The number of hydrogen-bond donors (Lipinski definition) is 2. The van der Waals surface area contributed by atoms with E-state index in [1.54, 1.807) is 6.20 Å². The molecule has 2 rings (SSSR count). The smallest absolute Gasteiger partial charge is 0.244 e. The first-order valence-electron chi connectivity index (χ1n) is 7.10. The monoisotopic (exact) mass is 286 g/mol. The molecule has 0 aliphatic carbocycles. The Morgan fingerprint density at radius 2 is 1.90 bits per heavy atom. The first kappa shape index (κ1) is 15.2. The molecule has 6 nitrogen and oxygen atoms in total. The van der Waals surface area contributed by atoms with Crippen molar-refractivity contribution in [1.82, 2.24) is 20.1 Å². The van der Waals surface area contributed by atoms with E-state index in [4.69, 9.17) is 0 Å². The van der Waals surface area contributed by atoms with Gasteiger partial charge in [0.15, 0.2) is 5.82 Å². The number of rotatable bonds is 8. The molecule has 0 saturated heterocycles. The van der Waals surface area contributed by atoms with Crippen LogP contribution in [0.25, 0.3) is 0 Å². The van der Waals surface area contributed by atoms with E-state index >= 15 is 0 Å². The van der Waals surface area contributed by atoms with E-state index in [1.807, 2.05) is 18.2 Å². The van der Waals surface area contributed by atoms with Crippen LogP contribution < -0.4 is 10.6 Å². The van der Waals surface area contributed by atoms with Crippen molar-refractivity contribution in [2.75, 3.05) is 37.8 Å². The zero-order valence-corrected chi connectivity index (χ0v) is 12.6. The Morgan fingerprint density at radius 3 is 2.67 bits per heavy atom. The largest absolute Gasteiger partial charge is 0.365 e. The molecule has 1 aromatic heterocycles. The van der Waals surface area contributed by atoms with E-state index in [2.05, 4.69) is 56.9 Å². The predicted octanol–water partition coefficient (Wildman–Crippen LogP) is 1.85. The summed E-state index contributed by atoms with van der Waals surface area (Å²) in [5.74, 6) is 1.29. The molecule has 1 aromatic carbocycles. The number of aromatic nitrogens is 3. The lowest BCUT2D eigenvalue weighted by atomic mass is 10.2. The van der Waals surface area contributed by atoms with Crippen molar-refractivity contribution in [3.05, 3.63) is 42.1 Å². The molecule has 6 heteroatoms. The van der Waals surface area contributed by atoms with Crippen LogP contribution in [-0.4, -0.2) is 47.3 Å². The average molecular weight is 286 g/mol. The zero-order valence-electron chi connectivity index (χ0n) is 12.6. The molecule has 2 N–H and O–H groups in total. The predicted molar refractivity (Wildman–Crippen MR) is 85.3 cm³/mol. The van der Waals surface area contributed by atoms with E-state index < -0.39 is 0 Å². The Balaban J connectivity index is 1.80. The minimum atomic E-state index is 0.562. The van der Waals surface area contributed by atoms with Crippen LogP contribution in [0.5, 0.6) is 0 Å². The topological polar surface area (TPSA) is 66.0 Å². The van der Waals surface area contributed by atoms with E-state index in [9.17, 15) is 0 Å². The zero-order chi connectivity index (χ0) is 14.9. The van der Waals surface area contributed by atoms with E-state index in [0.29, 0.717) is 5.95 Å². The maximum atomic E-state index is 4.40. The average Bonchev–Trinajstić information content (AvgIpc) is 2.51. The second-order valence-corrected chi connectivity index (χ2v) is 5.09. The molecule has 0 atom stereocenters. The maximum Gasteiger partial charge on any atom is 0.244 e. The molecule has 0 unspecified atom stereocenters. The highest BCUT2D eigenvalue weighted by atomic mass is 15.3. The van der Waals surface area contributed by atoms with Crippen LogP contribution in [0.4, 0.5) is 11.8 Å². The molecule has 1 heterocycles. The van der Waals surface area contributed by atoms with Crippen molar-refractivity contribution in [2.45, 2.75) is 13.0 Å². The fourth-order valence-corrected chi connectivity index (χ4v) is 1.85. The van der Waals surface area contributed by atoms with Gasteiger partial charge in [-0.05, 0) is 32.6 Å². The van der Waals surface area contributed by atoms with Gasteiger partial charge >= 0.3 is 0 Å². The van der Waals surface area contributed by atoms with Crippen molar-refractivity contribution >= 4 is 11.8 Å². The molecule has 0 amide bonds. The molecule has 112 valence electrons. The lowest BCUT2D eigenvalue weighted by Crippen LogP contribution is -2.17. The van der Waals surface area contributed by atoms with Gasteiger partial charge in [0.1, 0.15) is 0 Å². The number of nitrogens with zero attached hydrogens (tertiary/aromatic N) is 4. The highest BCUT2D eigenvalue weighted by molar-refractivity contribution is 5.37. The molecule has 21 heavy (non-hydrogen) atoms. The summed E-state index contributed by atoms with van der Waals surface area (Å²) in [6, 6.07) is 10.2. The molecule has 0 aliphatic heterocycles. The molecular weight excluding hydrogens is 264 g/mol. The van der Waals surface area contributed by atoms with Crippen LogP contribution in [0.1, 0.15) is 12.0 Å². The van der Waals surface area contributed by atoms with Gasteiger partial charge in [0, 0.05) is 13.1 Å². The van der Waals surface area contributed by atoms with Gasteiger partial charge in [0.05, 0.1) is 6.20 Å². The summed E-state index contributed by atoms with van der Waals surface area (Å²) in [6.07, 6.45) is 2.67. The van der Waals surface area contributed by atoms with E-state index in [1.165, 1.54) is 5.56 Å². The molecule has 0 aliphatic rings. The minimum Gasteiger partial charge on any atom is -0.365 e. The number of benzene rings is 1. The highest BCUT2D eigenvalue weighted by Gasteiger charge is 2.00. The first-order chi connectivity index (χ1) is 10.2. The molecule has 0 radical (unpaired) electrons. The van der Waals surface area contributed by atoms with Gasteiger partial charge in [0.2, 0.25) is 5.95 Å². The molecular formula is C15H22N6. The van der Waals surface area contributed by atoms with Gasteiger partial charge in [0.25, 0.3) is 0 Å². The Bertz CT molecular complexity index is 529. The molecule has 0 bridgehead atoms. The Labute approximate surface area is 125 Å². The van der Waals surface area contributed by atoms with Crippen LogP contribution in [0, 0.1) is 0 Å².